The Morgan fingerprint density at radius 1 is 1.30 bits per heavy atom. The van der Waals surface area contributed by atoms with Crippen LogP contribution in [0.15, 0.2) is 24.3 Å². The third-order valence-corrected chi connectivity index (χ3v) is 3.83. The zero-order valence-electron chi connectivity index (χ0n) is 11.9. The molecule has 1 heterocycles. The van der Waals surface area contributed by atoms with E-state index in [1.165, 1.54) is 12.1 Å². The summed E-state index contributed by atoms with van der Waals surface area (Å²) in [5, 5.41) is 3.40. The van der Waals surface area contributed by atoms with Crippen molar-refractivity contribution in [2.45, 2.75) is 45.1 Å². The number of nitrogens with one attached hydrogen (secondary N) is 1. The number of hydrogen-bond donors (Lipinski definition) is 1. The van der Waals surface area contributed by atoms with E-state index in [0.29, 0.717) is 18.6 Å². The summed E-state index contributed by atoms with van der Waals surface area (Å²) in [5.74, 6) is 0. The molecule has 0 spiro atoms. The Labute approximate surface area is 118 Å². The molecule has 1 aliphatic rings. The normalized spacial score (nSPS) is 25.4. The molecule has 2 rings (SSSR count). The largest absolute Gasteiger partial charge is 0.416 e. The standard InChI is InChI=1S/C15H21F3N2/c1-11-9-20(12(2)6-7-19-11)10-13-4-3-5-14(8-13)15(16,17)18/h3-5,8,11-12,19H,6-7,9-10H2,1-2H3. The third kappa shape index (κ3) is 3.96. The molecular weight excluding hydrogens is 265 g/mol. The second-order valence-electron chi connectivity index (χ2n) is 5.62. The zero-order valence-corrected chi connectivity index (χ0v) is 11.9. The van der Waals surface area contributed by atoms with Crippen LogP contribution in [-0.4, -0.2) is 30.1 Å². The highest BCUT2D eigenvalue weighted by Gasteiger charge is 2.30. The molecule has 1 aromatic carbocycles. The average Bonchev–Trinajstić information content (AvgIpc) is 2.51. The van der Waals surface area contributed by atoms with Gasteiger partial charge in [0, 0.05) is 25.2 Å². The molecule has 0 bridgehead atoms. The monoisotopic (exact) mass is 286 g/mol. The van der Waals surface area contributed by atoms with Gasteiger partial charge in [-0.25, -0.2) is 0 Å². The predicted molar refractivity (Wildman–Crippen MR) is 73.4 cm³/mol. The molecule has 2 atom stereocenters. The summed E-state index contributed by atoms with van der Waals surface area (Å²) in [6.07, 6.45) is -3.25. The van der Waals surface area contributed by atoms with Gasteiger partial charge in [0.15, 0.2) is 0 Å². The van der Waals surface area contributed by atoms with Gasteiger partial charge in [0.1, 0.15) is 0 Å². The second-order valence-corrected chi connectivity index (χ2v) is 5.62. The van der Waals surface area contributed by atoms with E-state index in [0.717, 1.165) is 31.1 Å². The summed E-state index contributed by atoms with van der Waals surface area (Å²) in [4.78, 5) is 2.25. The van der Waals surface area contributed by atoms with Crippen molar-refractivity contribution in [3.8, 4) is 0 Å². The Morgan fingerprint density at radius 3 is 2.75 bits per heavy atom. The van der Waals surface area contributed by atoms with E-state index in [2.05, 4.69) is 24.1 Å². The number of halogens is 3. The first kappa shape index (κ1) is 15.3. The lowest BCUT2D eigenvalue weighted by atomic mass is 10.1. The number of nitrogens with zero attached hydrogens (tertiary/aromatic N) is 1. The van der Waals surface area contributed by atoms with Gasteiger partial charge in [-0.05, 0) is 38.4 Å². The van der Waals surface area contributed by atoms with Crippen molar-refractivity contribution in [1.29, 1.82) is 0 Å². The topological polar surface area (TPSA) is 15.3 Å². The highest BCUT2D eigenvalue weighted by molar-refractivity contribution is 5.25. The highest BCUT2D eigenvalue weighted by Crippen LogP contribution is 2.30. The van der Waals surface area contributed by atoms with Crippen LogP contribution < -0.4 is 5.32 Å². The number of alkyl halides is 3. The summed E-state index contributed by atoms with van der Waals surface area (Å²) >= 11 is 0. The number of hydrogen-bond acceptors (Lipinski definition) is 2. The molecule has 0 radical (unpaired) electrons. The van der Waals surface area contributed by atoms with Gasteiger partial charge in [0.25, 0.3) is 0 Å². The molecular formula is C15H21F3N2. The maximum atomic E-state index is 12.7. The molecule has 5 heteroatoms. The van der Waals surface area contributed by atoms with Crippen LogP contribution in [0.4, 0.5) is 13.2 Å². The smallest absolute Gasteiger partial charge is 0.313 e. The zero-order chi connectivity index (χ0) is 14.8. The van der Waals surface area contributed by atoms with E-state index in [4.69, 9.17) is 0 Å². The minimum absolute atomic E-state index is 0.366. The Bertz CT molecular complexity index is 445. The maximum absolute atomic E-state index is 12.7. The van der Waals surface area contributed by atoms with Gasteiger partial charge >= 0.3 is 6.18 Å². The van der Waals surface area contributed by atoms with E-state index in [1.807, 2.05) is 0 Å². The summed E-state index contributed by atoms with van der Waals surface area (Å²) in [7, 11) is 0. The SMILES string of the molecule is CC1CN(Cc2cccc(C(F)(F)F)c2)C(C)CCN1. The van der Waals surface area contributed by atoms with Crippen LogP contribution in [0.3, 0.4) is 0 Å². The van der Waals surface area contributed by atoms with Crippen LogP contribution in [0.2, 0.25) is 0 Å². The molecule has 1 fully saturated rings. The Balaban J connectivity index is 2.12. The molecule has 1 N–H and O–H groups in total. The quantitative estimate of drug-likeness (QED) is 0.897. The Kier molecular flexibility index (Phi) is 4.70. The molecule has 0 aromatic heterocycles. The number of benzene rings is 1. The van der Waals surface area contributed by atoms with Crippen LogP contribution >= 0.6 is 0 Å². The molecule has 1 saturated heterocycles. The molecule has 20 heavy (non-hydrogen) atoms. The van der Waals surface area contributed by atoms with Crippen molar-refractivity contribution >= 4 is 0 Å². The van der Waals surface area contributed by atoms with Gasteiger partial charge in [-0.15, -0.1) is 0 Å². The minimum atomic E-state index is -4.27. The predicted octanol–water partition coefficient (Wildman–Crippen LogP) is 3.28. The Hall–Kier alpha value is -1.07. The fourth-order valence-corrected chi connectivity index (χ4v) is 2.62. The first-order valence-electron chi connectivity index (χ1n) is 7.00. The van der Waals surface area contributed by atoms with Crippen molar-refractivity contribution in [2.24, 2.45) is 0 Å². The van der Waals surface area contributed by atoms with Gasteiger partial charge in [-0.3, -0.25) is 4.90 Å². The van der Waals surface area contributed by atoms with Crippen LogP contribution in [0.25, 0.3) is 0 Å². The summed E-state index contributed by atoms with van der Waals surface area (Å²) < 4.78 is 38.2. The minimum Gasteiger partial charge on any atom is -0.313 e. The van der Waals surface area contributed by atoms with Gasteiger partial charge < -0.3 is 5.32 Å². The van der Waals surface area contributed by atoms with Gasteiger partial charge in [0.2, 0.25) is 0 Å². The fraction of sp³-hybridized carbons (Fsp3) is 0.600. The molecule has 2 unspecified atom stereocenters. The van der Waals surface area contributed by atoms with Crippen LogP contribution in [0, 0.1) is 0 Å². The fourth-order valence-electron chi connectivity index (χ4n) is 2.62. The van der Waals surface area contributed by atoms with Gasteiger partial charge in [0.05, 0.1) is 5.56 Å². The van der Waals surface area contributed by atoms with Crippen molar-refractivity contribution in [1.82, 2.24) is 10.2 Å². The molecule has 1 aromatic rings. The number of rotatable bonds is 2. The van der Waals surface area contributed by atoms with Crippen LogP contribution in [-0.2, 0) is 12.7 Å². The van der Waals surface area contributed by atoms with Gasteiger partial charge in [-0.1, -0.05) is 18.2 Å². The lowest BCUT2D eigenvalue weighted by molar-refractivity contribution is -0.137. The average molecular weight is 286 g/mol. The third-order valence-electron chi connectivity index (χ3n) is 3.83. The van der Waals surface area contributed by atoms with E-state index in [-0.39, 0.29) is 0 Å². The molecule has 0 amide bonds. The van der Waals surface area contributed by atoms with E-state index >= 15 is 0 Å². The highest BCUT2D eigenvalue weighted by atomic mass is 19.4. The summed E-state index contributed by atoms with van der Waals surface area (Å²) in [6, 6.07) is 6.38. The first-order valence-corrected chi connectivity index (χ1v) is 7.00. The van der Waals surface area contributed by atoms with E-state index < -0.39 is 11.7 Å². The van der Waals surface area contributed by atoms with Crippen molar-refractivity contribution < 1.29 is 13.2 Å². The van der Waals surface area contributed by atoms with E-state index in [9.17, 15) is 13.2 Å². The van der Waals surface area contributed by atoms with Crippen molar-refractivity contribution in [3.05, 3.63) is 35.4 Å². The summed E-state index contributed by atoms with van der Waals surface area (Å²) in [6.45, 7) is 6.63. The molecule has 1 aliphatic heterocycles. The van der Waals surface area contributed by atoms with E-state index in [1.54, 1.807) is 6.07 Å². The van der Waals surface area contributed by atoms with Gasteiger partial charge in [-0.2, -0.15) is 13.2 Å². The molecule has 0 aliphatic carbocycles. The first-order chi connectivity index (χ1) is 9.36. The maximum Gasteiger partial charge on any atom is 0.416 e. The van der Waals surface area contributed by atoms with Crippen molar-refractivity contribution in [3.63, 3.8) is 0 Å². The Morgan fingerprint density at radius 2 is 2.05 bits per heavy atom. The lowest BCUT2D eigenvalue weighted by Crippen LogP contribution is -2.38. The van der Waals surface area contributed by atoms with Crippen LogP contribution in [0.5, 0.6) is 0 Å². The molecule has 2 nitrogen and oxygen atoms in total. The second kappa shape index (κ2) is 6.14. The van der Waals surface area contributed by atoms with Crippen LogP contribution in [0.1, 0.15) is 31.4 Å². The lowest BCUT2D eigenvalue weighted by Gasteiger charge is -2.28. The van der Waals surface area contributed by atoms with Crippen molar-refractivity contribution in [2.75, 3.05) is 13.1 Å². The molecule has 112 valence electrons. The molecule has 0 saturated carbocycles. The summed E-state index contributed by atoms with van der Waals surface area (Å²) in [5.41, 5.74) is 0.157.